The zero-order valence-corrected chi connectivity index (χ0v) is 10.3. The standard InChI is InChI=1S/C9H19N3O2S/c1-4-11-15(13,14)12(7-5-6-10)8-9(2)3/h9,11H,4-5,7-8H2,1-3H3. The molecule has 1 N–H and O–H groups in total. The number of rotatable bonds is 7. The maximum Gasteiger partial charge on any atom is 0.279 e. The Bertz CT molecular complexity index is 306. The highest BCUT2D eigenvalue weighted by molar-refractivity contribution is 7.87. The Morgan fingerprint density at radius 3 is 2.47 bits per heavy atom. The minimum absolute atomic E-state index is 0.220. The van der Waals surface area contributed by atoms with E-state index in [-0.39, 0.29) is 18.9 Å². The summed E-state index contributed by atoms with van der Waals surface area (Å²) in [5.74, 6) is 0.247. The summed E-state index contributed by atoms with van der Waals surface area (Å²) in [6.07, 6.45) is 0.220. The van der Waals surface area contributed by atoms with Gasteiger partial charge < -0.3 is 0 Å². The third kappa shape index (κ3) is 5.72. The number of nitrogens with one attached hydrogen (secondary N) is 1. The molecule has 0 fully saturated rings. The predicted molar refractivity (Wildman–Crippen MR) is 59.2 cm³/mol. The minimum atomic E-state index is -3.41. The first kappa shape index (κ1) is 14.4. The summed E-state index contributed by atoms with van der Waals surface area (Å²) < 4.78 is 27.1. The van der Waals surface area contributed by atoms with Crippen LogP contribution in [-0.2, 0) is 10.2 Å². The summed E-state index contributed by atoms with van der Waals surface area (Å²) in [6, 6.07) is 1.95. The second-order valence-corrected chi connectivity index (χ2v) is 5.42. The molecule has 0 atom stereocenters. The van der Waals surface area contributed by atoms with Gasteiger partial charge in [0.25, 0.3) is 10.2 Å². The van der Waals surface area contributed by atoms with Gasteiger partial charge in [0.15, 0.2) is 0 Å². The van der Waals surface area contributed by atoms with Crippen molar-refractivity contribution in [3.63, 3.8) is 0 Å². The first-order valence-corrected chi connectivity index (χ1v) is 6.49. The Hall–Kier alpha value is -0.640. The van der Waals surface area contributed by atoms with Crippen LogP contribution in [0, 0.1) is 17.2 Å². The molecule has 15 heavy (non-hydrogen) atoms. The third-order valence-electron chi connectivity index (χ3n) is 1.71. The average molecular weight is 233 g/mol. The van der Waals surface area contributed by atoms with E-state index >= 15 is 0 Å². The molecule has 0 unspecified atom stereocenters. The van der Waals surface area contributed by atoms with Gasteiger partial charge in [-0.25, -0.2) is 4.72 Å². The third-order valence-corrected chi connectivity index (χ3v) is 3.37. The fraction of sp³-hybridized carbons (Fsp3) is 0.889. The van der Waals surface area contributed by atoms with Gasteiger partial charge in [0, 0.05) is 26.1 Å². The number of nitrogens with zero attached hydrogens (tertiary/aromatic N) is 2. The number of hydrogen-bond acceptors (Lipinski definition) is 3. The van der Waals surface area contributed by atoms with Gasteiger partial charge in [0.1, 0.15) is 0 Å². The molecule has 88 valence electrons. The van der Waals surface area contributed by atoms with Crippen molar-refractivity contribution in [2.45, 2.75) is 27.2 Å². The molecule has 6 heteroatoms. The van der Waals surface area contributed by atoms with E-state index in [2.05, 4.69) is 4.72 Å². The van der Waals surface area contributed by atoms with Gasteiger partial charge in [-0.1, -0.05) is 20.8 Å². The smallest absolute Gasteiger partial charge is 0.202 e. The van der Waals surface area contributed by atoms with E-state index < -0.39 is 10.2 Å². The first-order chi connectivity index (χ1) is 6.94. The van der Waals surface area contributed by atoms with Gasteiger partial charge in [-0.3, -0.25) is 0 Å². The fourth-order valence-corrected chi connectivity index (χ4v) is 2.54. The van der Waals surface area contributed by atoms with Crippen molar-refractivity contribution in [2.75, 3.05) is 19.6 Å². The van der Waals surface area contributed by atoms with Gasteiger partial charge in [0.2, 0.25) is 0 Å². The second-order valence-electron chi connectivity index (χ2n) is 3.66. The van der Waals surface area contributed by atoms with Crippen molar-refractivity contribution >= 4 is 10.2 Å². The van der Waals surface area contributed by atoms with Crippen molar-refractivity contribution in [2.24, 2.45) is 5.92 Å². The van der Waals surface area contributed by atoms with Gasteiger partial charge >= 0.3 is 0 Å². The van der Waals surface area contributed by atoms with Gasteiger partial charge in [0.05, 0.1) is 6.07 Å². The summed E-state index contributed by atoms with van der Waals surface area (Å²) in [7, 11) is -3.41. The van der Waals surface area contributed by atoms with Crippen molar-refractivity contribution in [3.05, 3.63) is 0 Å². The number of hydrogen-bond donors (Lipinski definition) is 1. The van der Waals surface area contributed by atoms with Crippen molar-refractivity contribution in [3.8, 4) is 6.07 Å². The maximum absolute atomic E-state index is 11.7. The van der Waals surface area contributed by atoms with Crippen LogP contribution < -0.4 is 4.72 Å². The molecular formula is C9H19N3O2S. The highest BCUT2D eigenvalue weighted by Crippen LogP contribution is 2.04. The molecule has 0 saturated heterocycles. The number of nitriles is 1. The lowest BCUT2D eigenvalue weighted by atomic mass is 10.2. The highest BCUT2D eigenvalue weighted by atomic mass is 32.2. The Morgan fingerprint density at radius 1 is 1.47 bits per heavy atom. The van der Waals surface area contributed by atoms with E-state index in [4.69, 9.17) is 5.26 Å². The summed E-state index contributed by atoms with van der Waals surface area (Å²) in [5, 5.41) is 8.45. The van der Waals surface area contributed by atoms with Crippen LogP contribution in [0.3, 0.4) is 0 Å². The van der Waals surface area contributed by atoms with Crippen LogP contribution in [0.25, 0.3) is 0 Å². The average Bonchev–Trinajstić information content (AvgIpc) is 2.11. The molecule has 0 spiro atoms. The van der Waals surface area contributed by atoms with Crippen LogP contribution in [0.5, 0.6) is 0 Å². The van der Waals surface area contributed by atoms with E-state index in [1.165, 1.54) is 4.31 Å². The zero-order chi connectivity index (χ0) is 11.9. The van der Waals surface area contributed by atoms with E-state index in [0.29, 0.717) is 13.1 Å². The van der Waals surface area contributed by atoms with Crippen LogP contribution in [0.4, 0.5) is 0 Å². The Balaban J connectivity index is 4.54. The maximum atomic E-state index is 11.7. The largest absolute Gasteiger partial charge is 0.279 e. The molecular weight excluding hydrogens is 214 g/mol. The molecule has 0 aromatic rings. The summed E-state index contributed by atoms with van der Waals surface area (Å²) >= 11 is 0. The van der Waals surface area contributed by atoms with E-state index in [1.807, 2.05) is 19.9 Å². The molecule has 5 nitrogen and oxygen atoms in total. The van der Waals surface area contributed by atoms with Crippen LogP contribution in [-0.4, -0.2) is 32.4 Å². The monoisotopic (exact) mass is 233 g/mol. The normalized spacial score (nSPS) is 12.0. The molecule has 0 saturated carbocycles. The highest BCUT2D eigenvalue weighted by Gasteiger charge is 2.20. The zero-order valence-electron chi connectivity index (χ0n) is 9.52. The van der Waals surface area contributed by atoms with Gasteiger partial charge in [-0.15, -0.1) is 0 Å². The lowest BCUT2D eigenvalue weighted by Gasteiger charge is -2.22. The molecule has 0 aliphatic heterocycles. The predicted octanol–water partition coefficient (Wildman–Crippen LogP) is 0.712. The fourth-order valence-electron chi connectivity index (χ4n) is 1.17. The minimum Gasteiger partial charge on any atom is -0.202 e. The topological polar surface area (TPSA) is 73.2 Å². The summed E-state index contributed by atoms with van der Waals surface area (Å²) in [4.78, 5) is 0. The van der Waals surface area contributed by atoms with Crippen molar-refractivity contribution in [1.82, 2.24) is 9.03 Å². The van der Waals surface area contributed by atoms with Crippen LogP contribution in [0.15, 0.2) is 0 Å². The van der Waals surface area contributed by atoms with E-state index in [0.717, 1.165) is 0 Å². The molecule has 0 heterocycles. The Labute approximate surface area is 92.3 Å². The van der Waals surface area contributed by atoms with Crippen LogP contribution in [0.1, 0.15) is 27.2 Å². The Morgan fingerprint density at radius 2 is 2.07 bits per heavy atom. The summed E-state index contributed by atoms with van der Waals surface area (Å²) in [5.41, 5.74) is 0. The lowest BCUT2D eigenvalue weighted by molar-refractivity contribution is 0.367. The second kappa shape index (κ2) is 6.77. The molecule has 0 radical (unpaired) electrons. The Kier molecular flexibility index (Phi) is 6.48. The molecule has 0 amide bonds. The molecule has 0 aliphatic rings. The molecule has 0 aromatic heterocycles. The van der Waals surface area contributed by atoms with Gasteiger partial charge in [-0.2, -0.15) is 18.0 Å². The SMILES string of the molecule is CCNS(=O)(=O)N(CCC#N)CC(C)C. The van der Waals surface area contributed by atoms with Crippen LogP contribution >= 0.6 is 0 Å². The first-order valence-electron chi connectivity index (χ1n) is 5.05. The van der Waals surface area contributed by atoms with Crippen molar-refractivity contribution in [1.29, 1.82) is 5.26 Å². The molecule has 0 aliphatic carbocycles. The van der Waals surface area contributed by atoms with E-state index in [9.17, 15) is 8.42 Å². The van der Waals surface area contributed by atoms with Crippen molar-refractivity contribution < 1.29 is 8.42 Å². The van der Waals surface area contributed by atoms with Gasteiger partial charge in [-0.05, 0) is 5.92 Å². The van der Waals surface area contributed by atoms with E-state index in [1.54, 1.807) is 6.92 Å². The molecule has 0 aromatic carbocycles. The summed E-state index contributed by atoms with van der Waals surface area (Å²) in [6.45, 7) is 6.68. The quantitative estimate of drug-likeness (QED) is 0.704. The molecule has 0 bridgehead atoms. The van der Waals surface area contributed by atoms with Crippen LogP contribution in [0.2, 0.25) is 0 Å². The lowest BCUT2D eigenvalue weighted by Crippen LogP contribution is -2.42. The molecule has 0 rings (SSSR count).